The molecule has 3 aromatic rings. The average molecular weight is 473 g/mol. The highest BCUT2D eigenvalue weighted by Crippen LogP contribution is 2.35. The number of amides is 2. The molecule has 1 saturated heterocycles. The summed E-state index contributed by atoms with van der Waals surface area (Å²) in [5, 5.41) is 15.6. The van der Waals surface area contributed by atoms with E-state index in [4.69, 9.17) is 14.1 Å². The van der Waals surface area contributed by atoms with Gasteiger partial charge in [0.2, 0.25) is 0 Å². The second-order valence-electron chi connectivity index (χ2n) is 8.80. The Morgan fingerprint density at radius 2 is 2.14 bits per heavy atom. The van der Waals surface area contributed by atoms with Gasteiger partial charge in [0.25, 0.3) is 11.8 Å². The van der Waals surface area contributed by atoms with Crippen molar-refractivity contribution in [2.75, 3.05) is 20.2 Å². The number of aliphatic hydroxyl groups excluding tert-OH is 1. The fourth-order valence-corrected chi connectivity index (χ4v) is 4.85. The summed E-state index contributed by atoms with van der Waals surface area (Å²) in [6.07, 6.45) is 3.22. The van der Waals surface area contributed by atoms with Crippen LogP contribution >= 0.6 is 0 Å². The Hall–Kier alpha value is -4.02. The van der Waals surface area contributed by atoms with E-state index in [1.807, 2.05) is 24.3 Å². The second kappa shape index (κ2) is 8.03. The number of dihydropyridines is 1. The smallest absolute Gasteiger partial charge is 0.254 e. The molecule has 2 unspecified atom stereocenters. The number of furan rings is 1. The lowest BCUT2D eigenvalue weighted by atomic mass is 9.95. The van der Waals surface area contributed by atoms with Gasteiger partial charge in [0.15, 0.2) is 17.5 Å². The third-order valence-electron chi connectivity index (χ3n) is 6.68. The number of aliphatic imine (C=N–C) groups is 1. The van der Waals surface area contributed by atoms with E-state index in [-0.39, 0.29) is 18.2 Å². The minimum absolute atomic E-state index is 0.0416. The molecule has 3 aliphatic rings. The molecule has 10 nitrogen and oxygen atoms in total. The Bertz CT molecular complexity index is 1430. The summed E-state index contributed by atoms with van der Waals surface area (Å²) in [4.78, 5) is 36.9. The summed E-state index contributed by atoms with van der Waals surface area (Å²) < 4.78 is 11.3. The molecule has 1 fully saturated rings. The number of aliphatic hydroxyl groups is 1. The number of carbonyl (C=O) groups is 2. The SMILES string of the molecule is COc1ccc2c(c1)C(=O)N(CC1(c3cc4nc(C5=CC=NCC5)ccc4o3)NC(O)NC1=O)C2. The summed E-state index contributed by atoms with van der Waals surface area (Å²) in [6, 6.07) is 10.7. The highest BCUT2D eigenvalue weighted by atomic mass is 16.5. The number of ether oxygens (including phenoxy) is 1. The number of carbonyl (C=O) groups excluding carboxylic acids is 2. The summed E-state index contributed by atoms with van der Waals surface area (Å²) >= 11 is 0. The van der Waals surface area contributed by atoms with E-state index >= 15 is 0 Å². The number of pyridine rings is 1. The maximum absolute atomic E-state index is 13.2. The number of benzene rings is 1. The lowest BCUT2D eigenvalue weighted by Gasteiger charge is -2.29. The fraction of sp³-hybridized carbons (Fsp3) is 0.280. The lowest BCUT2D eigenvalue weighted by molar-refractivity contribution is -0.125. The summed E-state index contributed by atoms with van der Waals surface area (Å²) in [5.41, 5.74) is 2.85. The predicted molar refractivity (Wildman–Crippen MR) is 127 cm³/mol. The molecular weight excluding hydrogens is 450 g/mol. The fourth-order valence-electron chi connectivity index (χ4n) is 4.85. The molecule has 0 saturated carbocycles. The van der Waals surface area contributed by atoms with Crippen LogP contribution in [0.4, 0.5) is 0 Å². The van der Waals surface area contributed by atoms with E-state index in [0.717, 1.165) is 23.3 Å². The van der Waals surface area contributed by atoms with Crippen molar-refractivity contribution in [1.29, 1.82) is 0 Å². The van der Waals surface area contributed by atoms with Gasteiger partial charge in [0, 0.05) is 30.9 Å². The topological polar surface area (TPSA) is 129 Å². The summed E-state index contributed by atoms with van der Waals surface area (Å²) in [7, 11) is 1.54. The highest BCUT2D eigenvalue weighted by Gasteiger charge is 2.52. The first-order valence-corrected chi connectivity index (χ1v) is 11.3. The van der Waals surface area contributed by atoms with Crippen LogP contribution in [-0.4, -0.2) is 59.6 Å². The Kier molecular flexibility index (Phi) is 4.94. The third-order valence-corrected chi connectivity index (χ3v) is 6.68. The second-order valence-corrected chi connectivity index (χ2v) is 8.80. The van der Waals surface area contributed by atoms with Crippen LogP contribution in [0, 0.1) is 0 Å². The zero-order valence-electron chi connectivity index (χ0n) is 18.9. The number of fused-ring (bicyclic) bond motifs is 2. The van der Waals surface area contributed by atoms with Crippen molar-refractivity contribution in [3.8, 4) is 5.75 Å². The summed E-state index contributed by atoms with van der Waals surface area (Å²) in [6.45, 7) is 0.995. The van der Waals surface area contributed by atoms with Crippen LogP contribution < -0.4 is 15.4 Å². The Labute approximate surface area is 200 Å². The van der Waals surface area contributed by atoms with E-state index < -0.39 is 17.8 Å². The number of nitrogens with one attached hydrogen (secondary N) is 2. The van der Waals surface area contributed by atoms with Gasteiger partial charge in [-0.2, -0.15) is 0 Å². The molecule has 2 aromatic heterocycles. The van der Waals surface area contributed by atoms with Crippen molar-refractivity contribution in [2.45, 2.75) is 24.9 Å². The zero-order chi connectivity index (χ0) is 24.2. The molecule has 2 amide bonds. The quantitative estimate of drug-likeness (QED) is 0.513. The first-order chi connectivity index (χ1) is 17.0. The number of rotatable bonds is 5. The predicted octanol–water partition coefficient (Wildman–Crippen LogP) is 1.54. The molecule has 5 heterocycles. The Morgan fingerprint density at radius 3 is 2.89 bits per heavy atom. The molecule has 0 aliphatic carbocycles. The standard InChI is InChI=1S/C25H23N5O5/c1-34-16-3-2-15-12-30(22(31)17(15)10-16)13-25(23(32)28-24(33)29-25)21-11-19-20(35-21)5-4-18(27-19)14-6-8-26-9-7-14/h2-6,8,10-11,24,29,33H,7,9,12-13H2,1H3,(H,28,32). The highest BCUT2D eigenvalue weighted by molar-refractivity contribution is 6.00. The first-order valence-electron chi connectivity index (χ1n) is 11.3. The van der Waals surface area contributed by atoms with E-state index in [2.05, 4.69) is 15.6 Å². The van der Waals surface area contributed by atoms with Crippen molar-refractivity contribution in [1.82, 2.24) is 20.5 Å². The molecule has 10 heteroatoms. The molecule has 6 rings (SSSR count). The van der Waals surface area contributed by atoms with Gasteiger partial charge in [-0.05, 0) is 47.9 Å². The zero-order valence-corrected chi connectivity index (χ0v) is 18.9. The van der Waals surface area contributed by atoms with Crippen LogP contribution in [0.15, 0.2) is 51.9 Å². The van der Waals surface area contributed by atoms with Crippen LogP contribution in [0.1, 0.15) is 33.8 Å². The van der Waals surface area contributed by atoms with Gasteiger partial charge < -0.3 is 24.5 Å². The first kappa shape index (κ1) is 21.5. The number of aromatic nitrogens is 1. The number of methoxy groups -OCH3 is 1. The minimum Gasteiger partial charge on any atom is -0.497 e. The number of nitrogens with zero attached hydrogens (tertiary/aromatic N) is 3. The third kappa shape index (κ3) is 3.49. The molecule has 2 atom stereocenters. The van der Waals surface area contributed by atoms with Gasteiger partial charge in [-0.15, -0.1) is 0 Å². The normalized spacial score (nSPS) is 23.5. The van der Waals surface area contributed by atoms with Gasteiger partial charge in [0.1, 0.15) is 17.0 Å². The number of hydrogen-bond donors (Lipinski definition) is 3. The van der Waals surface area contributed by atoms with Crippen LogP contribution in [0.2, 0.25) is 0 Å². The van der Waals surface area contributed by atoms with Gasteiger partial charge >= 0.3 is 0 Å². The van der Waals surface area contributed by atoms with Crippen molar-refractivity contribution in [3.63, 3.8) is 0 Å². The van der Waals surface area contributed by atoms with Crippen molar-refractivity contribution in [3.05, 3.63) is 65.1 Å². The molecule has 3 aliphatic heterocycles. The van der Waals surface area contributed by atoms with Gasteiger partial charge in [-0.25, -0.2) is 4.98 Å². The van der Waals surface area contributed by atoms with Crippen LogP contribution in [0.3, 0.4) is 0 Å². The van der Waals surface area contributed by atoms with Gasteiger partial charge in [-0.3, -0.25) is 19.9 Å². The number of allylic oxidation sites excluding steroid dienone is 1. The molecule has 0 bridgehead atoms. The molecule has 178 valence electrons. The van der Waals surface area contributed by atoms with E-state index in [0.29, 0.717) is 35.5 Å². The summed E-state index contributed by atoms with van der Waals surface area (Å²) in [5.74, 6) is 0.138. The minimum atomic E-state index is -1.49. The lowest BCUT2D eigenvalue weighted by Crippen LogP contribution is -2.53. The largest absolute Gasteiger partial charge is 0.497 e. The van der Waals surface area contributed by atoms with E-state index in [1.165, 1.54) is 0 Å². The Balaban J connectivity index is 1.37. The maximum Gasteiger partial charge on any atom is 0.254 e. The van der Waals surface area contributed by atoms with E-state index in [1.54, 1.807) is 36.4 Å². The molecule has 3 N–H and O–H groups in total. The molecule has 1 aromatic carbocycles. The van der Waals surface area contributed by atoms with E-state index in [9.17, 15) is 14.7 Å². The Morgan fingerprint density at radius 1 is 1.26 bits per heavy atom. The molecule has 0 spiro atoms. The van der Waals surface area contributed by atoms with Gasteiger partial charge in [0.05, 0.1) is 19.3 Å². The van der Waals surface area contributed by atoms with Crippen LogP contribution in [0.25, 0.3) is 16.7 Å². The maximum atomic E-state index is 13.2. The van der Waals surface area contributed by atoms with Gasteiger partial charge in [-0.1, -0.05) is 6.07 Å². The molecule has 35 heavy (non-hydrogen) atoms. The average Bonchev–Trinajstić information content (AvgIpc) is 3.53. The molecular formula is C25H23N5O5. The van der Waals surface area contributed by atoms with Crippen LogP contribution in [-0.2, 0) is 16.9 Å². The molecule has 0 radical (unpaired) electrons. The van der Waals surface area contributed by atoms with Crippen LogP contribution in [0.5, 0.6) is 5.75 Å². The monoisotopic (exact) mass is 473 g/mol. The number of hydrogen-bond acceptors (Lipinski definition) is 8. The van der Waals surface area contributed by atoms with Crippen molar-refractivity contribution in [2.24, 2.45) is 4.99 Å². The van der Waals surface area contributed by atoms with Crippen molar-refractivity contribution < 1.29 is 23.8 Å². The van der Waals surface area contributed by atoms with Crippen molar-refractivity contribution >= 4 is 34.7 Å².